The van der Waals surface area contributed by atoms with Crippen LogP contribution in [0.25, 0.3) is 0 Å². The van der Waals surface area contributed by atoms with Crippen molar-refractivity contribution >= 4 is 34.1 Å². The lowest BCUT2D eigenvalue weighted by Crippen LogP contribution is -2.48. The Morgan fingerprint density at radius 1 is 0.789 bits per heavy atom. The van der Waals surface area contributed by atoms with Gasteiger partial charge in [0.25, 0.3) is 0 Å². The molecule has 1 heterocycles. The SMILES string of the molecule is CC(C)(C)C1=CC2C(Oc3c(P(c4ccccc4)c4ccccc4)cc(C(C)(C)C)cc3C2(C)C)C([SiH2])=C1. The molecule has 3 aromatic rings. The molecule has 38 heavy (non-hydrogen) atoms. The first kappa shape index (κ1) is 27.2. The summed E-state index contributed by atoms with van der Waals surface area (Å²) in [4.78, 5) is 0. The van der Waals surface area contributed by atoms with Gasteiger partial charge in [0, 0.05) is 32.4 Å². The van der Waals surface area contributed by atoms with E-state index in [0.717, 1.165) is 5.75 Å². The standard InChI is InChI=1S/C35H42OPSi/c1-33(2,3)23-19-27-31(36-32-28(35(27,7)8)20-24(22-30(32)38)34(4,5)6)29(21-23)37(25-15-11-9-12-16-25)26-17-13-10-14-18-26/h9-22,28,32H,38H2,1-8H3. The summed E-state index contributed by atoms with van der Waals surface area (Å²) < 4.78 is 7.18. The maximum absolute atomic E-state index is 7.18. The number of benzene rings is 3. The Morgan fingerprint density at radius 2 is 1.34 bits per heavy atom. The number of ether oxygens (including phenoxy) is 1. The van der Waals surface area contributed by atoms with Crippen LogP contribution in [0.5, 0.6) is 5.75 Å². The number of allylic oxidation sites excluding steroid dienone is 2. The van der Waals surface area contributed by atoms with Gasteiger partial charge in [0.15, 0.2) is 0 Å². The number of hydrogen-bond donors (Lipinski definition) is 0. The van der Waals surface area contributed by atoms with Crippen molar-refractivity contribution in [2.45, 2.75) is 72.3 Å². The third kappa shape index (κ3) is 4.87. The number of rotatable bonds is 3. The molecule has 2 atom stereocenters. The maximum atomic E-state index is 7.18. The Labute approximate surface area is 234 Å². The van der Waals surface area contributed by atoms with Crippen LogP contribution >= 0.6 is 7.92 Å². The molecule has 0 saturated carbocycles. The quantitative estimate of drug-likeness (QED) is 0.261. The highest BCUT2D eigenvalue weighted by atomic mass is 31.1. The number of fused-ring (bicyclic) bond motifs is 2. The van der Waals surface area contributed by atoms with Gasteiger partial charge < -0.3 is 4.74 Å². The van der Waals surface area contributed by atoms with Gasteiger partial charge in [0.1, 0.15) is 11.9 Å². The third-order valence-corrected chi connectivity index (χ3v) is 11.3. The summed E-state index contributed by atoms with van der Waals surface area (Å²) in [5.74, 6) is 1.40. The second-order valence-corrected chi connectivity index (χ2v) is 16.5. The van der Waals surface area contributed by atoms with Crippen molar-refractivity contribution in [3.63, 3.8) is 0 Å². The first-order chi connectivity index (χ1) is 17.8. The lowest BCUT2D eigenvalue weighted by Gasteiger charge is -2.48. The Kier molecular flexibility index (Phi) is 6.90. The third-order valence-electron chi connectivity index (χ3n) is 8.24. The Bertz CT molecular complexity index is 1350. The Hall–Kier alpha value is -2.41. The molecular formula is C35H42OPSi. The molecule has 3 heteroatoms. The van der Waals surface area contributed by atoms with Crippen LogP contribution < -0.4 is 20.7 Å². The molecule has 1 aliphatic heterocycles. The van der Waals surface area contributed by atoms with Crippen molar-refractivity contribution in [3.8, 4) is 5.75 Å². The van der Waals surface area contributed by atoms with Crippen LogP contribution in [0.1, 0.15) is 66.5 Å². The zero-order valence-electron chi connectivity index (χ0n) is 24.3. The molecule has 0 fully saturated rings. The van der Waals surface area contributed by atoms with Crippen LogP contribution in [-0.4, -0.2) is 16.3 Å². The molecule has 0 aromatic heterocycles. The van der Waals surface area contributed by atoms with Crippen LogP contribution in [0.15, 0.2) is 95.7 Å². The smallest absolute Gasteiger partial charge is 0.132 e. The largest absolute Gasteiger partial charge is 0.485 e. The van der Waals surface area contributed by atoms with Crippen molar-refractivity contribution < 1.29 is 4.74 Å². The molecule has 2 aliphatic rings. The average Bonchev–Trinajstić information content (AvgIpc) is 2.85. The molecule has 1 radical (unpaired) electrons. The fourth-order valence-corrected chi connectivity index (χ4v) is 8.74. The molecule has 0 saturated heterocycles. The first-order valence-corrected chi connectivity index (χ1v) is 15.8. The Morgan fingerprint density at radius 3 is 1.84 bits per heavy atom. The van der Waals surface area contributed by atoms with E-state index in [0.29, 0.717) is 5.92 Å². The fraction of sp³-hybridized carbons (Fsp3) is 0.371. The summed E-state index contributed by atoms with van der Waals surface area (Å²) in [6.45, 7) is 18.8. The zero-order chi connectivity index (χ0) is 27.5. The molecule has 3 aromatic carbocycles. The van der Waals surface area contributed by atoms with E-state index in [1.165, 1.54) is 37.8 Å². The van der Waals surface area contributed by atoms with Gasteiger partial charge in [-0.25, -0.2) is 0 Å². The minimum atomic E-state index is -0.789. The van der Waals surface area contributed by atoms with E-state index in [2.05, 4.69) is 140 Å². The topological polar surface area (TPSA) is 9.23 Å². The first-order valence-electron chi connectivity index (χ1n) is 13.8. The van der Waals surface area contributed by atoms with E-state index in [1.807, 2.05) is 10.2 Å². The van der Waals surface area contributed by atoms with Crippen molar-refractivity contribution in [1.82, 2.24) is 0 Å². The highest BCUT2D eigenvalue weighted by molar-refractivity contribution is 7.80. The summed E-state index contributed by atoms with van der Waals surface area (Å²) in [6.07, 6.45) is 4.97. The lowest BCUT2D eigenvalue weighted by atomic mass is 9.64. The summed E-state index contributed by atoms with van der Waals surface area (Å²) in [5.41, 5.74) is 4.22. The van der Waals surface area contributed by atoms with E-state index in [1.54, 1.807) is 0 Å². The van der Waals surface area contributed by atoms with Crippen molar-refractivity contribution in [2.24, 2.45) is 11.3 Å². The predicted molar refractivity (Wildman–Crippen MR) is 169 cm³/mol. The normalized spacial score (nSPS) is 20.7. The summed E-state index contributed by atoms with van der Waals surface area (Å²) in [6, 6.07) is 27.0. The molecule has 0 amide bonds. The van der Waals surface area contributed by atoms with Gasteiger partial charge in [-0.05, 0) is 46.6 Å². The molecule has 1 aliphatic carbocycles. The average molecular weight is 538 g/mol. The van der Waals surface area contributed by atoms with Crippen LogP contribution in [0, 0.1) is 11.3 Å². The second-order valence-electron chi connectivity index (χ2n) is 13.5. The van der Waals surface area contributed by atoms with Gasteiger partial charge >= 0.3 is 0 Å². The number of hydrogen-bond acceptors (Lipinski definition) is 1. The minimum absolute atomic E-state index is 0.0290. The molecule has 0 N–H and O–H groups in total. The summed E-state index contributed by atoms with van der Waals surface area (Å²) in [7, 11) is 1.22. The molecular weight excluding hydrogens is 495 g/mol. The highest BCUT2D eigenvalue weighted by Crippen LogP contribution is 2.52. The molecule has 197 valence electrons. The van der Waals surface area contributed by atoms with Gasteiger partial charge in [-0.3, -0.25) is 0 Å². The van der Waals surface area contributed by atoms with Gasteiger partial charge in [-0.1, -0.05) is 139 Å². The van der Waals surface area contributed by atoms with E-state index >= 15 is 0 Å². The zero-order valence-corrected chi connectivity index (χ0v) is 26.6. The lowest BCUT2D eigenvalue weighted by molar-refractivity contribution is 0.118. The van der Waals surface area contributed by atoms with Gasteiger partial charge in [-0.2, -0.15) is 0 Å². The maximum Gasteiger partial charge on any atom is 0.132 e. The van der Waals surface area contributed by atoms with Crippen molar-refractivity contribution in [2.75, 3.05) is 0 Å². The van der Waals surface area contributed by atoms with Gasteiger partial charge in [-0.15, -0.1) is 0 Å². The van der Waals surface area contributed by atoms with Gasteiger partial charge in [0.2, 0.25) is 0 Å². The van der Waals surface area contributed by atoms with E-state index < -0.39 is 7.92 Å². The molecule has 2 unspecified atom stereocenters. The Balaban J connectivity index is 1.80. The van der Waals surface area contributed by atoms with Crippen LogP contribution in [0.4, 0.5) is 0 Å². The van der Waals surface area contributed by atoms with E-state index in [-0.39, 0.29) is 22.3 Å². The van der Waals surface area contributed by atoms with Gasteiger partial charge in [0.05, 0.1) is 0 Å². The monoisotopic (exact) mass is 537 g/mol. The molecule has 0 spiro atoms. The minimum Gasteiger partial charge on any atom is -0.485 e. The summed E-state index contributed by atoms with van der Waals surface area (Å²) in [5, 5.41) is 5.42. The van der Waals surface area contributed by atoms with Crippen LogP contribution in [0.2, 0.25) is 0 Å². The van der Waals surface area contributed by atoms with Crippen molar-refractivity contribution in [3.05, 3.63) is 107 Å². The molecule has 5 rings (SSSR count). The van der Waals surface area contributed by atoms with E-state index in [9.17, 15) is 0 Å². The predicted octanol–water partition coefficient (Wildman–Crippen LogP) is 6.90. The second kappa shape index (κ2) is 9.65. The summed E-state index contributed by atoms with van der Waals surface area (Å²) >= 11 is 0. The van der Waals surface area contributed by atoms with Crippen LogP contribution in [0.3, 0.4) is 0 Å². The van der Waals surface area contributed by atoms with Crippen molar-refractivity contribution in [1.29, 1.82) is 0 Å². The molecule has 1 nitrogen and oxygen atoms in total. The van der Waals surface area contributed by atoms with E-state index in [4.69, 9.17) is 4.74 Å². The molecule has 0 bridgehead atoms. The van der Waals surface area contributed by atoms with Crippen LogP contribution in [-0.2, 0) is 10.8 Å². The fourth-order valence-electron chi connectivity index (χ4n) is 5.75. The highest BCUT2D eigenvalue weighted by Gasteiger charge is 2.47.